The maximum absolute atomic E-state index is 14.5. The normalized spacial score (nSPS) is 13.1. The Hall–Kier alpha value is -6.29. The summed E-state index contributed by atoms with van der Waals surface area (Å²) >= 11 is 3.15. The van der Waals surface area contributed by atoms with Crippen LogP contribution in [0.15, 0.2) is 102 Å². The molecule has 2 fully saturated rings. The first kappa shape index (κ1) is 41.9. The topological polar surface area (TPSA) is 124 Å². The monoisotopic (exact) mass is 888 g/mol. The Morgan fingerprint density at radius 2 is 0.983 bits per heavy atom. The van der Waals surface area contributed by atoms with Crippen LogP contribution < -0.4 is 28.4 Å². The molecule has 60 heavy (non-hydrogen) atoms. The van der Waals surface area contributed by atoms with Crippen LogP contribution in [0.3, 0.4) is 0 Å². The van der Waals surface area contributed by atoms with E-state index in [4.69, 9.17) is 28.4 Å². The number of carbonyl (C=O) groups is 1. The lowest BCUT2D eigenvalue weighted by atomic mass is 10.2. The SMILES string of the molecule is CC(=O)c1ccc(OCc2c(F)cc(Oc3cccc(OCC4CC4)c3)cc2F)nn1.Fc1cc(Oc2cccc(OCC3CC3)c2)cc(F)c1COc1ccc(Br)nn1. The standard InChI is InChI=1S/C23H20F2N2O4.C21H17BrF2N2O3/c1-14(28)22-7-8-23(27-26-22)30-13-19-20(24)10-18(11-21(19)25)31-17-4-2-3-16(9-17)29-12-15-5-6-15;22-20-6-7-21(26-25-20)28-12-17-18(23)9-16(10-19(17)24)29-15-3-1-2-14(8-15)27-11-13-4-5-13/h2-4,7-11,15H,5-6,12-13H2,1H3;1-3,6-10,13H,4-5,11-12H2. The maximum atomic E-state index is 14.5. The lowest BCUT2D eigenvalue weighted by Crippen LogP contribution is -2.05. The molecule has 2 saturated carbocycles. The summed E-state index contributed by atoms with van der Waals surface area (Å²) in [6, 6.07) is 24.3. The van der Waals surface area contributed by atoms with Crippen LogP contribution in [0.1, 0.15) is 54.2 Å². The molecule has 0 unspecified atom stereocenters. The summed E-state index contributed by atoms with van der Waals surface area (Å²) in [5.41, 5.74) is -0.317. The first-order valence-electron chi connectivity index (χ1n) is 18.9. The molecule has 2 aliphatic carbocycles. The Morgan fingerprint density at radius 1 is 0.550 bits per heavy atom. The van der Waals surface area contributed by atoms with Gasteiger partial charge in [-0.1, -0.05) is 12.1 Å². The van der Waals surface area contributed by atoms with Crippen LogP contribution in [0.25, 0.3) is 0 Å². The second-order valence-corrected chi connectivity index (χ2v) is 14.8. The number of nitrogens with zero attached hydrogens (tertiary/aromatic N) is 4. The van der Waals surface area contributed by atoms with E-state index in [1.54, 1.807) is 48.5 Å². The summed E-state index contributed by atoms with van der Waals surface area (Å²) in [5, 5.41) is 14.9. The van der Waals surface area contributed by atoms with Crippen molar-refractivity contribution in [2.45, 2.75) is 45.8 Å². The summed E-state index contributed by atoms with van der Waals surface area (Å²) in [4.78, 5) is 11.2. The number of benzene rings is 4. The summed E-state index contributed by atoms with van der Waals surface area (Å²) in [7, 11) is 0. The van der Waals surface area contributed by atoms with E-state index in [2.05, 4.69) is 36.3 Å². The van der Waals surface area contributed by atoms with E-state index in [1.165, 1.54) is 44.7 Å². The largest absolute Gasteiger partial charge is 0.493 e. The van der Waals surface area contributed by atoms with Crippen molar-refractivity contribution in [1.29, 1.82) is 0 Å². The van der Waals surface area contributed by atoms with E-state index in [9.17, 15) is 22.4 Å². The number of hydrogen-bond acceptors (Lipinski definition) is 11. The maximum Gasteiger partial charge on any atom is 0.233 e. The van der Waals surface area contributed by atoms with Gasteiger partial charge in [-0.25, -0.2) is 17.6 Å². The first-order chi connectivity index (χ1) is 29.0. The quantitative estimate of drug-likeness (QED) is 0.0642. The fourth-order valence-electron chi connectivity index (χ4n) is 5.34. The third-order valence-corrected chi connectivity index (χ3v) is 9.44. The molecule has 4 aromatic carbocycles. The van der Waals surface area contributed by atoms with E-state index in [0.717, 1.165) is 24.3 Å². The van der Waals surface area contributed by atoms with Crippen LogP contribution in [0.5, 0.6) is 46.3 Å². The van der Waals surface area contributed by atoms with Crippen molar-refractivity contribution in [2.75, 3.05) is 13.2 Å². The van der Waals surface area contributed by atoms with Crippen molar-refractivity contribution >= 4 is 21.7 Å². The molecule has 0 bridgehead atoms. The van der Waals surface area contributed by atoms with Gasteiger partial charge >= 0.3 is 0 Å². The Labute approximate surface area is 350 Å². The smallest absolute Gasteiger partial charge is 0.233 e. The number of aromatic nitrogens is 4. The average molecular weight is 890 g/mol. The Morgan fingerprint density at radius 3 is 1.37 bits per heavy atom. The zero-order chi connectivity index (χ0) is 42.0. The van der Waals surface area contributed by atoms with Gasteiger partial charge in [0.25, 0.3) is 0 Å². The van der Waals surface area contributed by atoms with Gasteiger partial charge in [-0.15, -0.1) is 20.4 Å². The third-order valence-electron chi connectivity index (χ3n) is 9.01. The summed E-state index contributed by atoms with van der Waals surface area (Å²) in [6.45, 7) is 1.97. The molecule has 0 N–H and O–H groups in total. The highest BCUT2D eigenvalue weighted by molar-refractivity contribution is 9.10. The summed E-state index contributed by atoms with van der Waals surface area (Å²) < 4.78 is 91.5. The van der Waals surface area contributed by atoms with Crippen molar-refractivity contribution in [1.82, 2.24) is 20.4 Å². The summed E-state index contributed by atoms with van der Waals surface area (Å²) in [5.74, 6) is 0.253. The van der Waals surface area contributed by atoms with Crippen LogP contribution in [-0.2, 0) is 13.2 Å². The Bertz CT molecular complexity index is 2370. The van der Waals surface area contributed by atoms with Crippen LogP contribution in [-0.4, -0.2) is 39.4 Å². The lowest BCUT2D eigenvalue weighted by Gasteiger charge is -2.11. The van der Waals surface area contributed by atoms with Gasteiger partial charge < -0.3 is 28.4 Å². The molecule has 8 rings (SSSR count). The fraction of sp³-hybridized carbons (Fsp3) is 0.250. The fourth-order valence-corrected chi connectivity index (χ4v) is 5.55. The first-order valence-corrected chi connectivity index (χ1v) is 19.7. The number of ether oxygens (including phenoxy) is 6. The van der Waals surface area contributed by atoms with E-state index < -0.39 is 29.9 Å². The van der Waals surface area contributed by atoms with Crippen LogP contribution in [0.2, 0.25) is 0 Å². The number of carbonyl (C=O) groups excluding carboxylic acids is 1. The van der Waals surface area contributed by atoms with E-state index in [0.29, 0.717) is 52.7 Å². The highest BCUT2D eigenvalue weighted by Crippen LogP contribution is 2.34. The van der Waals surface area contributed by atoms with Crippen LogP contribution >= 0.6 is 15.9 Å². The molecule has 16 heteroatoms. The van der Waals surface area contributed by atoms with Crippen LogP contribution in [0.4, 0.5) is 17.6 Å². The number of Topliss-reactive ketones (excluding diaryl/α,β-unsaturated/α-hetero) is 1. The van der Waals surface area contributed by atoms with Crippen molar-refractivity contribution in [3.05, 3.63) is 142 Å². The minimum absolute atomic E-state index is 0.0173. The van der Waals surface area contributed by atoms with Gasteiger partial charge in [0, 0.05) is 55.5 Å². The van der Waals surface area contributed by atoms with Gasteiger partial charge in [-0.2, -0.15) is 0 Å². The number of ketones is 1. The lowest BCUT2D eigenvalue weighted by molar-refractivity contribution is 0.101. The summed E-state index contributed by atoms with van der Waals surface area (Å²) in [6.07, 6.45) is 4.75. The number of rotatable bonds is 17. The highest BCUT2D eigenvalue weighted by atomic mass is 79.9. The molecule has 0 spiro atoms. The zero-order valence-corrected chi connectivity index (χ0v) is 33.7. The van der Waals surface area contributed by atoms with Crippen molar-refractivity contribution < 1.29 is 50.8 Å². The Kier molecular flexibility index (Phi) is 13.7. The number of hydrogen-bond donors (Lipinski definition) is 0. The van der Waals surface area contributed by atoms with Crippen molar-refractivity contribution in [2.24, 2.45) is 11.8 Å². The second kappa shape index (κ2) is 19.6. The molecule has 6 aromatic rings. The van der Waals surface area contributed by atoms with Gasteiger partial charge in [0.2, 0.25) is 11.8 Å². The van der Waals surface area contributed by atoms with Crippen LogP contribution in [0, 0.1) is 35.1 Å². The molecule has 2 heterocycles. The molecular formula is C44H37BrF4N4O7. The van der Waals surface area contributed by atoms with E-state index in [-0.39, 0.29) is 52.5 Å². The van der Waals surface area contributed by atoms with Gasteiger partial charge in [0.1, 0.15) is 81.3 Å². The zero-order valence-electron chi connectivity index (χ0n) is 32.1. The minimum Gasteiger partial charge on any atom is -0.493 e. The molecule has 11 nitrogen and oxygen atoms in total. The highest BCUT2D eigenvalue weighted by Gasteiger charge is 2.23. The molecule has 0 saturated heterocycles. The van der Waals surface area contributed by atoms with Crippen molar-refractivity contribution in [3.8, 4) is 46.3 Å². The number of halogens is 5. The Balaban J connectivity index is 0.000000182. The minimum atomic E-state index is -0.815. The second-order valence-electron chi connectivity index (χ2n) is 14.0. The predicted molar refractivity (Wildman–Crippen MR) is 213 cm³/mol. The van der Waals surface area contributed by atoms with Gasteiger partial charge in [-0.3, -0.25) is 4.79 Å². The molecule has 0 radical (unpaired) electrons. The van der Waals surface area contributed by atoms with Gasteiger partial charge in [0.05, 0.1) is 24.3 Å². The molecule has 0 amide bonds. The van der Waals surface area contributed by atoms with E-state index in [1.807, 2.05) is 12.1 Å². The molecule has 310 valence electrons. The molecule has 0 aliphatic heterocycles. The predicted octanol–water partition coefficient (Wildman–Crippen LogP) is 10.8. The molecular weight excluding hydrogens is 852 g/mol. The third kappa shape index (κ3) is 12.4. The van der Waals surface area contributed by atoms with Gasteiger partial charge in [-0.05, 0) is 89.8 Å². The van der Waals surface area contributed by atoms with Crippen molar-refractivity contribution in [3.63, 3.8) is 0 Å². The van der Waals surface area contributed by atoms with Gasteiger partial charge in [0.15, 0.2) is 5.78 Å². The average Bonchev–Trinajstić information content (AvgIpc) is 4.17. The molecule has 2 aliphatic rings. The molecule has 2 aromatic heterocycles. The van der Waals surface area contributed by atoms with E-state index >= 15 is 0 Å². The molecule has 0 atom stereocenters.